The van der Waals surface area contributed by atoms with Crippen molar-refractivity contribution in [3.8, 4) is 17.2 Å². The first-order chi connectivity index (χ1) is 19.1. The summed E-state index contributed by atoms with van der Waals surface area (Å²) < 4.78 is 13.4. The molecule has 1 aliphatic rings. The summed E-state index contributed by atoms with van der Waals surface area (Å²) >= 11 is 1.04. The first kappa shape index (κ1) is 27.6. The van der Waals surface area contributed by atoms with Crippen LogP contribution < -0.4 is 19.7 Å². The number of aromatic nitrogens is 2. The van der Waals surface area contributed by atoms with Gasteiger partial charge in [-0.1, -0.05) is 26.0 Å². The number of hydrogen-bond donors (Lipinski definition) is 1. The number of ether oxygens (including phenoxy) is 2. The fourth-order valence-electron chi connectivity index (χ4n) is 4.83. The maximum atomic E-state index is 12.1. The van der Waals surface area contributed by atoms with Gasteiger partial charge in [0, 0.05) is 32.4 Å². The SMILES string of the molecule is CC(C)CN(C)c1ccc(Oc2ccc3nc(COc4ccc(C[C@]5(C)SC(=O)NC5=O)cc4)n(C)c3c2)cc1. The number of rotatable bonds is 10. The molecule has 1 aliphatic heterocycles. The summed E-state index contributed by atoms with van der Waals surface area (Å²) in [6.45, 7) is 7.51. The predicted octanol–water partition coefficient (Wildman–Crippen LogP) is 6.32. The van der Waals surface area contributed by atoms with Crippen molar-refractivity contribution < 1.29 is 19.1 Å². The Morgan fingerprint density at radius 1 is 1.00 bits per heavy atom. The molecule has 1 fully saturated rings. The van der Waals surface area contributed by atoms with Crippen LogP contribution in [0.15, 0.2) is 66.7 Å². The normalized spacial score (nSPS) is 16.9. The molecule has 0 saturated carbocycles. The number of nitrogens with zero attached hydrogens (tertiary/aromatic N) is 3. The lowest BCUT2D eigenvalue weighted by Crippen LogP contribution is -2.35. The Kier molecular flexibility index (Phi) is 7.76. The van der Waals surface area contributed by atoms with E-state index < -0.39 is 4.75 Å². The molecule has 3 aromatic carbocycles. The van der Waals surface area contributed by atoms with Gasteiger partial charge < -0.3 is 18.9 Å². The Morgan fingerprint density at radius 3 is 2.33 bits per heavy atom. The molecule has 0 spiro atoms. The molecule has 8 nitrogen and oxygen atoms in total. The molecule has 0 aliphatic carbocycles. The summed E-state index contributed by atoms with van der Waals surface area (Å²) in [7, 11) is 4.07. The van der Waals surface area contributed by atoms with Crippen LogP contribution in [0.25, 0.3) is 11.0 Å². The molecule has 2 heterocycles. The van der Waals surface area contributed by atoms with Gasteiger partial charge in [0.15, 0.2) is 0 Å². The quantitative estimate of drug-likeness (QED) is 0.244. The van der Waals surface area contributed by atoms with Crippen LogP contribution >= 0.6 is 11.8 Å². The van der Waals surface area contributed by atoms with Crippen LogP contribution in [0.2, 0.25) is 0 Å². The summed E-state index contributed by atoms with van der Waals surface area (Å²) in [5.74, 6) is 3.36. The Bertz CT molecular complexity index is 1530. The van der Waals surface area contributed by atoms with Gasteiger partial charge in [0.1, 0.15) is 34.4 Å². The van der Waals surface area contributed by atoms with Crippen molar-refractivity contribution in [1.82, 2.24) is 14.9 Å². The largest absolute Gasteiger partial charge is 0.486 e. The molecule has 2 amide bonds. The zero-order chi connectivity index (χ0) is 28.4. The lowest BCUT2D eigenvalue weighted by Gasteiger charge is -2.21. The third-order valence-electron chi connectivity index (χ3n) is 6.94. The van der Waals surface area contributed by atoms with E-state index in [2.05, 4.69) is 43.2 Å². The number of amides is 2. The van der Waals surface area contributed by atoms with Crippen molar-refractivity contribution in [2.75, 3.05) is 18.5 Å². The number of anilines is 1. The topological polar surface area (TPSA) is 85.7 Å². The van der Waals surface area contributed by atoms with Crippen molar-refractivity contribution in [2.45, 2.75) is 38.5 Å². The fourth-order valence-corrected chi connectivity index (χ4v) is 5.76. The Labute approximate surface area is 238 Å². The molecule has 9 heteroatoms. The molecule has 0 unspecified atom stereocenters. The highest BCUT2D eigenvalue weighted by atomic mass is 32.2. The first-order valence-electron chi connectivity index (χ1n) is 13.3. The zero-order valence-corrected chi connectivity index (χ0v) is 24.2. The smallest absolute Gasteiger partial charge is 0.286 e. The molecule has 5 rings (SSSR count). The van der Waals surface area contributed by atoms with Gasteiger partial charge in [-0.05, 0) is 85.1 Å². The number of hydrogen-bond acceptors (Lipinski definition) is 7. The molecular formula is C31H34N4O4S. The lowest BCUT2D eigenvalue weighted by molar-refractivity contribution is -0.121. The van der Waals surface area contributed by atoms with Gasteiger partial charge in [0.2, 0.25) is 5.91 Å². The second-order valence-electron chi connectivity index (χ2n) is 10.8. The minimum Gasteiger partial charge on any atom is -0.486 e. The van der Waals surface area contributed by atoms with Crippen LogP contribution in [0.3, 0.4) is 0 Å². The van der Waals surface area contributed by atoms with E-state index in [-0.39, 0.29) is 11.1 Å². The highest BCUT2D eigenvalue weighted by Gasteiger charge is 2.43. The van der Waals surface area contributed by atoms with E-state index in [1.54, 1.807) is 6.92 Å². The second kappa shape index (κ2) is 11.3. The number of aryl methyl sites for hydroxylation is 1. The van der Waals surface area contributed by atoms with Crippen molar-refractivity contribution in [1.29, 1.82) is 0 Å². The maximum absolute atomic E-state index is 12.1. The van der Waals surface area contributed by atoms with Gasteiger partial charge >= 0.3 is 0 Å². The first-order valence-corrected chi connectivity index (χ1v) is 14.1. The minimum atomic E-state index is -0.789. The van der Waals surface area contributed by atoms with Crippen molar-refractivity contribution >= 4 is 39.6 Å². The average molecular weight is 559 g/mol. The van der Waals surface area contributed by atoms with Crippen LogP contribution in [0.5, 0.6) is 17.2 Å². The number of carbonyl (C=O) groups excluding carboxylic acids is 2. The molecule has 1 N–H and O–H groups in total. The van der Waals surface area contributed by atoms with Gasteiger partial charge in [-0.3, -0.25) is 14.9 Å². The molecule has 1 atom stereocenters. The Morgan fingerprint density at radius 2 is 1.68 bits per heavy atom. The van der Waals surface area contributed by atoms with E-state index in [9.17, 15) is 9.59 Å². The van der Waals surface area contributed by atoms with Gasteiger partial charge in [0.05, 0.1) is 11.0 Å². The number of carbonyl (C=O) groups is 2. The monoisotopic (exact) mass is 558 g/mol. The van der Waals surface area contributed by atoms with Gasteiger partial charge in [0.25, 0.3) is 5.24 Å². The molecule has 1 aromatic heterocycles. The third-order valence-corrected chi connectivity index (χ3v) is 8.01. The summed E-state index contributed by atoms with van der Waals surface area (Å²) in [5.41, 5.74) is 3.94. The molecule has 40 heavy (non-hydrogen) atoms. The van der Waals surface area contributed by atoms with E-state index in [4.69, 9.17) is 14.5 Å². The number of imide groups is 1. The van der Waals surface area contributed by atoms with Crippen LogP contribution in [0.4, 0.5) is 10.5 Å². The van der Waals surface area contributed by atoms with E-state index in [0.717, 1.165) is 57.9 Å². The lowest BCUT2D eigenvalue weighted by atomic mass is 9.99. The Balaban J connectivity index is 1.21. The number of fused-ring (bicyclic) bond motifs is 1. The van der Waals surface area contributed by atoms with E-state index in [0.29, 0.717) is 24.7 Å². The summed E-state index contributed by atoms with van der Waals surface area (Å²) in [6, 6.07) is 21.6. The fraction of sp³-hybridized carbons (Fsp3) is 0.323. The molecule has 4 aromatic rings. The molecule has 0 bridgehead atoms. The molecule has 0 radical (unpaired) electrons. The summed E-state index contributed by atoms with van der Waals surface area (Å²) in [6.07, 6.45) is 0.462. The standard InChI is InChI=1S/C31H34N4O4S/c1-20(2)18-34(4)22-8-12-24(13-9-22)39-25-14-15-26-27(16-25)35(5)28(32-26)19-38-23-10-6-21(7-11-23)17-31(3)29(36)33-30(37)40-31/h6-16,20H,17-19H2,1-5H3,(H,33,36,37)/t31-/m0/s1. The highest BCUT2D eigenvalue weighted by Crippen LogP contribution is 2.35. The molecular weight excluding hydrogens is 524 g/mol. The van der Waals surface area contributed by atoms with E-state index in [1.807, 2.05) is 66.2 Å². The van der Waals surface area contributed by atoms with Gasteiger partial charge in [-0.2, -0.15) is 0 Å². The number of benzene rings is 3. The van der Waals surface area contributed by atoms with Crippen LogP contribution in [0.1, 0.15) is 32.2 Å². The second-order valence-corrected chi connectivity index (χ2v) is 12.3. The molecule has 1 saturated heterocycles. The highest BCUT2D eigenvalue weighted by molar-refractivity contribution is 8.16. The maximum Gasteiger partial charge on any atom is 0.286 e. The molecule has 208 valence electrons. The Hall–Kier alpha value is -3.98. The number of thioether (sulfide) groups is 1. The van der Waals surface area contributed by atoms with Gasteiger partial charge in [-0.15, -0.1) is 0 Å². The predicted molar refractivity (Wildman–Crippen MR) is 159 cm³/mol. The number of imidazole rings is 1. The summed E-state index contributed by atoms with van der Waals surface area (Å²) in [4.78, 5) is 30.7. The number of nitrogens with one attached hydrogen (secondary N) is 1. The van der Waals surface area contributed by atoms with Crippen molar-refractivity contribution in [3.05, 3.63) is 78.1 Å². The van der Waals surface area contributed by atoms with Crippen LogP contribution in [-0.2, 0) is 24.9 Å². The van der Waals surface area contributed by atoms with E-state index >= 15 is 0 Å². The van der Waals surface area contributed by atoms with Crippen molar-refractivity contribution in [3.63, 3.8) is 0 Å². The van der Waals surface area contributed by atoms with E-state index in [1.165, 1.54) is 0 Å². The van der Waals surface area contributed by atoms with Gasteiger partial charge in [-0.25, -0.2) is 4.98 Å². The van der Waals surface area contributed by atoms with Crippen LogP contribution in [-0.4, -0.2) is 39.0 Å². The zero-order valence-electron chi connectivity index (χ0n) is 23.4. The average Bonchev–Trinajstić information content (AvgIpc) is 3.36. The van der Waals surface area contributed by atoms with Crippen molar-refractivity contribution in [2.24, 2.45) is 13.0 Å². The third kappa shape index (κ3) is 6.09. The summed E-state index contributed by atoms with van der Waals surface area (Å²) in [5, 5.41) is 2.06. The minimum absolute atomic E-state index is 0.249. The van der Waals surface area contributed by atoms with Crippen LogP contribution in [0, 0.1) is 5.92 Å².